The van der Waals surface area contributed by atoms with Crippen LogP contribution in [0.1, 0.15) is 47.0 Å². The first kappa shape index (κ1) is 22.3. The van der Waals surface area contributed by atoms with Crippen LogP contribution in [0.5, 0.6) is 0 Å². The Bertz CT molecular complexity index is 618. The highest BCUT2D eigenvalue weighted by atomic mass is 28.4. The highest BCUT2D eigenvalue weighted by Gasteiger charge is 2.56. The summed E-state index contributed by atoms with van der Waals surface area (Å²) in [5, 5.41) is 0.0545. The molecule has 0 saturated heterocycles. The van der Waals surface area contributed by atoms with E-state index >= 15 is 0 Å². The van der Waals surface area contributed by atoms with Crippen LogP contribution in [0.4, 0.5) is 0 Å². The van der Waals surface area contributed by atoms with Gasteiger partial charge in [0.05, 0.1) is 20.0 Å². The van der Waals surface area contributed by atoms with Gasteiger partial charge in [0.2, 0.25) is 8.32 Å². The zero-order valence-electron chi connectivity index (χ0n) is 17.3. The van der Waals surface area contributed by atoms with E-state index in [1.807, 2.05) is 6.92 Å². The smallest absolute Gasteiger partial charge is 0.324 e. The molecular weight excluding hydrogens is 348 g/mol. The highest BCUT2D eigenvalue weighted by molar-refractivity contribution is 6.74. The molecule has 1 atom stereocenters. The third-order valence-corrected chi connectivity index (χ3v) is 10.3. The molecule has 0 spiro atoms. The Morgan fingerprint density at radius 3 is 2.08 bits per heavy atom. The largest absolute Gasteiger partial charge is 0.547 e. The Hall–Kier alpha value is -1.74. The van der Waals surface area contributed by atoms with Gasteiger partial charge in [-0.2, -0.15) is 0 Å². The quantitative estimate of drug-likeness (QED) is 0.301. The van der Waals surface area contributed by atoms with Gasteiger partial charge in [-0.3, -0.25) is 9.59 Å². The highest BCUT2D eigenvalue weighted by Crippen LogP contribution is 2.49. The third-order valence-electron chi connectivity index (χ3n) is 5.88. The van der Waals surface area contributed by atoms with Crippen LogP contribution < -0.4 is 0 Å². The number of rotatable bonds is 6. The molecule has 5 nitrogen and oxygen atoms in total. The van der Waals surface area contributed by atoms with Crippen LogP contribution in [0, 0.1) is 23.7 Å². The van der Waals surface area contributed by atoms with E-state index in [2.05, 4.69) is 39.8 Å². The second-order valence-electron chi connectivity index (χ2n) is 8.40. The van der Waals surface area contributed by atoms with E-state index in [-0.39, 0.29) is 11.5 Å². The second kappa shape index (κ2) is 7.87. The summed E-state index contributed by atoms with van der Waals surface area (Å²) >= 11 is 0. The first-order valence-electron chi connectivity index (χ1n) is 8.88. The Morgan fingerprint density at radius 2 is 1.69 bits per heavy atom. The number of carbonyl (C=O) groups is 2. The van der Waals surface area contributed by atoms with Gasteiger partial charge < -0.3 is 13.9 Å². The number of esters is 2. The Balaban J connectivity index is 3.39. The van der Waals surface area contributed by atoms with Gasteiger partial charge in [-0.1, -0.05) is 20.8 Å². The molecule has 1 aliphatic rings. The van der Waals surface area contributed by atoms with Gasteiger partial charge >= 0.3 is 11.9 Å². The minimum atomic E-state index is -2.02. The monoisotopic (exact) mass is 380 g/mol. The SMILES string of the molecule is C#CCC(C(=O)OC)(C(=O)OC)C1CCC(O[Si](C)(C)C(C)(C)C)=C1C. The molecule has 26 heavy (non-hydrogen) atoms. The lowest BCUT2D eigenvalue weighted by Crippen LogP contribution is -2.47. The second-order valence-corrected chi connectivity index (χ2v) is 13.1. The molecule has 0 amide bonds. The summed E-state index contributed by atoms with van der Waals surface area (Å²) in [5.74, 6) is 1.64. The first-order valence-corrected chi connectivity index (χ1v) is 11.8. The van der Waals surface area contributed by atoms with Crippen LogP contribution in [0.2, 0.25) is 18.1 Å². The van der Waals surface area contributed by atoms with Gasteiger partial charge in [-0.15, -0.1) is 12.3 Å². The fourth-order valence-corrected chi connectivity index (χ4v) is 4.44. The molecule has 0 radical (unpaired) electrons. The van der Waals surface area contributed by atoms with Gasteiger partial charge in [-0.05, 0) is 37.0 Å². The molecule has 6 heteroatoms. The van der Waals surface area contributed by atoms with Crippen molar-refractivity contribution in [2.45, 2.75) is 65.1 Å². The summed E-state index contributed by atoms with van der Waals surface area (Å²) in [4.78, 5) is 25.3. The van der Waals surface area contributed by atoms with Crippen molar-refractivity contribution >= 4 is 20.3 Å². The zero-order valence-corrected chi connectivity index (χ0v) is 18.3. The molecule has 0 aromatic rings. The van der Waals surface area contributed by atoms with Crippen molar-refractivity contribution < 1.29 is 23.5 Å². The minimum absolute atomic E-state index is 0.0545. The number of hydrogen-bond acceptors (Lipinski definition) is 5. The molecule has 1 rings (SSSR count). The summed E-state index contributed by atoms with van der Waals surface area (Å²) in [5.41, 5.74) is -0.637. The number of ether oxygens (including phenoxy) is 2. The van der Waals surface area contributed by atoms with Crippen molar-refractivity contribution in [3.8, 4) is 12.3 Å². The molecule has 0 fully saturated rings. The molecule has 1 unspecified atom stereocenters. The van der Waals surface area contributed by atoms with Crippen molar-refractivity contribution in [1.82, 2.24) is 0 Å². The van der Waals surface area contributed by atoms with E-state index in [1.54, 1.807) is 0 Å². The fourth-order valence-electron chi connectivity index (χ4n) is 3.25. The maximum absolute atomic E-state index is 12.6. The zero-order chi connectivity index (χ0) is 20.3. The van der Waals surface area contributed by atoms with Crippen LogP contribution in [0.3, 0.4) is 0 Å². The number of methoxy groups -OCH3 is 2. The minimum Gasteiger partial charge on any atom is -0.547 e. The van der Waals surface area contributed by atoms with Gasteiger partial charge in [0.15, 0.2) is 5.41 Å². The standard InChI is InChI=1S/C20H32O5Si/c1-10-13-20(17(21)23-6,18(22)24-7)15-11-12-16(14(15)2)25-26(8,9)19(3,4)5/h1,15H,11-13H2,2-9H3. The molecule has 0 aliphatic heterocycles. The fraction of sp³-hybridized carbons (Fsp3) is 0.700. The van der Waals surface area contributed by atoms with Crippen molar-refractivity contribution in [3.63, 3.8) is 0 Å². The number of carbonyl (C=O) groups excluding carboxylic acids is 2. The molecule has 0 saturated carbocycles. The summed E-state index contributed by atoms with van der Waals surface area (Å²) in [6.45, 7) is 12.8. The Labute approximate surface area is 158 Å². The van der Waals surface area contributed by atoms with E-state index in [1.165, 1.54) is 14.2 Å². The molecule has 146 valence electrons. The summed E-state index contributed by atoms with van der Waals surface area (Å²) in [7, 11) is 0.503. The van der Waals surface area contributed by atoms with Gasteiger partial charge in [0, 0.05) is 18.8 Å². The van der Waals surface area contributed by atoms with Crippen LogP contribution in [-0.4, -0.2) is 34.5 Å². The van der Waals surface area contributed by atoms with Gasteiger partial charge in [-0.25, -0.2) is 0 Å². The maximum Gasteiger partial charge on any atom is 0.324 e. The van der Waals surface area contributed by atoms with Crippen LogP contribution in [0.15, 0.2) is 11.3 Å². The van der Waals surface area contributed by atoms with E-state index < -0.39 is 31.6 Å². The molecular formula is C20H32O5Si. The molecule has 0 aromatic heterocycles. The van der Waals surface area contributed by atoms with Crippen molar-refractivity contribution in [1.29, 1.82) is 0 Å². The first-order chi connectivity index (χ1) is 11.9. The van der Waals surface area contributed by atoms with E-state index in [0.717, 1.165) is 11.3 Å². The average molecular weight is 381 g/mol. The average Bonchev–Trinajstić information content (AvgIpc) is 2.90. The Morgan fingerprint density at radius 1 is 1.19 bits per heavy atom. The van der Waals surface area contributed by atoms with E-state index in [9.17, 15) is 9.59 Å². The predicted octanol–water partition coefficient (Wildman–Crippen LogP) is 4.05. The molecule has 0 aromatic carbocycles. The summed E-state index contributed by atoms with van der Waals surface area (Å²) in [6.07, 6.45) is 6.70. The van der Waals surface area contributed by atoms with Crippen LogP contribution in [0.25, 0.3) is 0 Å². The maximum atomic E-state index is 12.6. The van der Waals surface area contributed by atoms with Gasteiger partial charge in [0.1, 0.15) is 0 Å². The third kappa shape index (κ3) is 3.83. The lowest BCUT2D eigenvalue weighted by Gasteiger charge is -2.37. The van der Waals surface area contributed by atoms with Crippen LogP contribution >= 0.6 is 0 Å². The lowest BCUT2D eigenvalue weighted by molar-refractivity contribution is -0.172. The van der Waals surface area contributed by atoms with Crippen molar-refractivity contribution in [2.24, 2.45) is 11.3 Å². The number of hydrogen-bond donors (Lipinski definition) is 0. The molecule has 1 aliphatic carbocycles. The molecule has 0 bridgehead atoms. The van der Waals surface area contributed by atoms with E-state index in [4.69, 9.17) is 20.3 Å². The topological polar surface area (TPSA) is 61.8 Å². The van der Waals surface area contributed by atoms with Crippen LogP contribution in [-0.2, 0) is 23.5 Å². The Kier molecular flexibility index (Phi) is 6.75. The van der Waals surface area contributed by atoms with Gasteiger partial charge in [0.25, 0.3) is 0 Å². The number of allylic oxidation sites excluding steroid dienone is 2. The van der Waals surface area contributed by atoms with E-state index in [0.29, 0.717) is 12.8 Å². The van der Waals surface area contributed by atoms with Crippen molar-refractivity contribution in [2.75, 3.05) is 14.2 Å². The number of terminal acetylenes is 1. The normalized spacial score (nSPS) is 18.3. The molecule has 0 heterocycles. The summed E-state index contributed by atoms with van der Waals surface area (Å²) < 4.78 is 16.4. The summed E-state index contributed by atoms with van der Waals surface area (Å²) in [6, 6.07) is 0. The predicted molar refractivity (Wildman–Crippen MR) is 104 cm³/mol. The van der Waals surface area contributed by atoms with Crippen molar-refractivity contribution in [3.05, 3.63) is 11.3 Å². The molecule has 0 N–H and O–H groups in total. The lowest BCUT2D eigenvalue weighted by atomic mass is 9.70.